The van der Waals surface area contributed by atoms with Crippen LogP contribution in [0.5, 0.6) is 11.6 Å². The van der Waals surface area contributed by atoms with E-state index in [1.807, 2.05) is 0 Å². The Morgan fingerprint density at radius 3 is 2.68 bits per heavy atom. The Bertz CT molecular complexity index is 573. The van der Waals surface area contributed by atoms with E-state index >= 15 is 0 Å². The average molecular weight is 297 g/mol. The van der Waals surface area contributed by atoms with Gasteiger partial charge in [-0.25, -0.2) is 4.98 Å². The second-order valence-electron chi connectivity index (χ2n) is 3.59. The van der Waals surface area contributed by atoms with E-state index in [2.05, 4.69) is 10.3 Å². The third-order valence-corrected chi connectivity index (χ3v) is 2.69. The van der Waals surface area contributed by atoms with Crippen LogP contribution >= 0.6 is 23.2 Å². The Balaban J connectivity index is 2.20. The maximum Gasteiger partial charge on any atom is 0.243 e. The molecule has 4 nitrogen and oxygen atoms in total. The summed E-state index contributed by atoms with van der Waals surface area (Å²) in [6.07, 6.45) is 1.57. The molecule has 0 saturated carbocycles. The summed E-state index contributed by atoms with van der Waals surface area (Å²) in [4.78, 5) is 15.4. The van der Waals surface area contributed by atoms with Crippen LogP contribution in [0, 0.1) is 0 Å². The minimum Gasteiger partial charge on any atom is -0.437 e. The van der Waals surface area contributed by atoms with Crippen molar-refractivity contribution in [1.29, 1.82) is 0 Å². The normalized spacial score (nSPS) is 10.0. The molecule has 0 aliphatic carbocycles. The monoisotopic (exact) mass is 296 g/mol. The molecule has 2 rings (SSSR count). The summed E-state index contributed by atoms with van der Waals surface area (Å²) in [5.74, 6) is 0.415. The van der Waals surface area contributed by atoms with Crippen LogP contribution in [0.4, 0.5) is 5.69 Å². The molecule has 0 atom stereocenters. The maximum absolute atomic E-state index is 11.3. The first-order valence-corrected chi connectivity index (χ1v) is 6.34. The van der Waals surface area contributed by atoms with Crippen molar-refractivity contribution in [1.82, 2.24) is 4.98 Å². The zero-order valence-corrected chi connectivity index (χ0v) is 11.3. The van der Waals surface area contributed by atoms with E-state index in [1.165, 1.54) is 0 Å². The van der Waals surface area contributed by atoms with Crippen molar-refractivity contribution < 1.29 is 9.53 Å². The van der Waals surface area contributed by atoms with E-state index in [0.29, 0.717) is 22.3 Å². The zero-order chi connectivity index (χ0) is 13.7. The molecule has 6 heteroatoms. The molecule has 1 heterocycles. The van der Waals surface area contributed by atoms with Gasteiger partial charge in [0.15, 0.2) is 0 Å². The van der Waals surface area contributed by atoms with Crippen molar-refractivity contribution in [3.05, 3.63) is 47.6 Å². The summed E-state index contributed by atoms with van der Waals surface area (Å²) >= 11 is 11.2. The lowest BCUT2D eigenvalue weighted by Gasteiger charge is -2.10. The SMILES string of the molecule is O=C(CCl)Nc1cccnc1Oc1ccc(Cl)cc1. The molecule has 0 aliphatic heterocycles. The summed E-state index contributed by atoms with van der Waals surface area (Å²) in [5, 5.41) is 3.22. The zero-order valence-electron chi connectivity index (χ0n) is 9.77. The van der Waals surface area contributed by atoms with Gasteiger partial charge >= 0.3 is 0 Å². The van der Waals surface area contributed by atoms with Crippen LogP contribution in [-0.4, -0.2) is 16.8 Å². The first-order chi connectivity index (χ1) is 9.19. The molecule has 0 spiro atoms. The molecule has 1 aromatic heterocycles. The van der Waals surface area contributed by atoms with E-state index in [-0.39, 0.29) is 11.8 Å². The summed E-state index contributed by atoms with van der Waals surface area (Å²) in [6.45, 7) is 0. The molecule has 0 unspecified atom stereocenters. The number of hydrogen-bond donors (Lipinski definition) is 1. The highest BCUT2D eigenvalue weighted by Crippen LogP contribution is 2.27. The molecule has 1 aromatic carbocycles. The molecule has 0 saturated heterocycles. The molecule has 0 aliphatic rings. The molecule has 0 radical (unpaired) electrons. The van der Waals surface area contributed by atoms with Crippen molar-refractivity contribution in [3.63, 3.8) is 0 Å². The Morgan fingerprint density at radius 2 is 2.00 bits per heavy atom. The standard InChI is InChI=1S/C13H10Cl2N2O2/c14-8-12(18)17-11-2-1-7-16-13(11)19-10-5-3-9(15)4-6-10/h1-7H,8H2,(H,17,18). The van der Waals surface area contributed by atoms with Crippen molar-refractivity contribution in [3.8, 4) is 11.6 Å². The molecule has 2 aromatic rings. The number of hydrogen-bond acceptors (Lipinski definition) is 3. The lowest BCUT2D eigenvalue weighted by molar-refractivity contribution is -0.113. The van der Waals surface area contributed by atoms with E-state index in [0.717, 1.165) is 0 Å². The first-order valence-electron chi connectivity index (χ1n) is 5.43. The highest BCUT2D eigenvalue weighted by atomic mass is 35.5. The lowest BCUT2D eigenvalue weighted by Crippen LogP contribution is -2.13. The fourth-order valence-corrected chi connectivity index (χ4v) is 1.56. The first kappa shape index (κ1) is 13.6. The minimum atomic E-state index is -0.323. The van der Waals surface area contributed by atoms with E-state index < -0.39 is 0 Å². The van der Waals surface area contributed by atoms with Crippen LogP contribution in [0.2, 0.25) is 5.02 Å². The highest BCUT2D eigenvalue weighted by Gasteiger charge is 2.08. The highest BCUT2D eigenvalue weighted by molar-refractivity contribution is 6.30. The topological polar surface area (TPSA) is 51.2 Å². The Morgan fingerprint density at radius 1 is 1.26 bits per heavy atom. The number of amides is 1. The number of halogens is 2. The number of nitrogens with one attached hydrogen (secondary N) is 1. The van der Waals surface area contributed by atoms with Gasteiger partial charge in [0.2, 0.25) is 11.8 Å². The molecular formula is C13H10Cl2N2O2. The Labute approximate surface area is 120 Å². The molecule has 1 N–H and O–H groups in total. The van der Waals surface area contributed by atoms with Gasteiger partial charge in [0.1, 0.15) is 17.3 Å². The lowest BCUT2D eigenvalue weighted by atomic mass is 10.3. The number of rotatable bonds is 4. The molecule has 19 heavy (non-hydrogen) atoms. The summed E-state index contributed by atoms with van der Waals surface area (Å²) < 4.78 is 5.58. The van der Waals surface area contributed by atoms with Crippen LogP contribution < -0.4 is 10.1 Å². The maximum atomic E-state index is 11.3. The number of aromatic nitrogens is 1. The number of pyridine rings is 1. The molecule has 0 fully saturated rings. The van der Waals surface area contributed by atoms with Gasteiger partial charge in [0.05, 0.1) is 0 Å². The number of carbonyl (C=O) groups is 1. The second-order valence-corrected chi connectivity index (χ2v) is 4.30. The van der Waals surface area contributed by atoms with Crippen LogP contribution in [0.1, 0.15) is 0 Å². The fraction of sp³-hybridized carbons (Fsp3) is 0.0769. The predicted octanol–water partition coefficient (Wildman–Crippen LogP) is 3.70. The summed E-state index contributed by atoms with van der Waals surface area (Å²) in [7, 11) is 0. The van der Waals surface area contributed by atoms with Crippen molar-refractivity contribution in [2.75, 3.05) is 11.2 Å². The van der Waals surface area contributed by atoms with Crippen LogP contribution in [0.25, 0.3) is 0 Å². The quantitative estimate of drug-likeness (QED) is 0.875. The number of ether oxygens (including phenoxy) is 1. The van der Waals surface area contributed by atoms with Crippen molar-refractivity contribution >= 4 is 34.8 Å². The van der Waals surface area contributed by atoms with Gasteiger partial charge in [-0.3, -0.25) is 4.79 Å². The number of benzene rings is 1. The van der Waals surface area contributed by atoms with Gasteiger partial charge in [0.25, 0.3) is 0 Å². The molecule has 1 amide bonds. The van der Waals surface area contributed by atoms with Crippen LogP contribution in [-0.2, 0) is 4.79 Å². The average Bonchev–Trinajstić information content (AvgIpc) is 2.43. The second kappa shape index (κ2) is 6.41. The summed E-state index contributed by atoms with van der Waals surface area (Å²) in [6, 6.07) is 10.2. The predicted molar refractivity (Wildman–Crippen MR) is 75.1 cm³/mol. The smallest absolute Gasteiger partial charge is 0.243 e. The van der Waals surface area contributed by atoms with Crippen LogP contribution in [0.3, 0.4) is 0 Å². The Hall–Kier alpha value is -1.78. The number of alkyl halides is 1. The largest absolute Gasteiger partial charge is 0.437 e. The van der Waals surface area contributed by atoms with Gasteiger partial charge in [-0.15, -0.1) is 11.6 Å². The Kier molecular flexibility index (Phi) is 4.60. The van der Waals surface area contributed by atoms with Gasteiger partial charge < -0.3 is 10.1 Å². The van der Waals surface area contributed by atoms with Gasteiger partial charge in [-0.05, 0) is 36.4 Å². The number of carbonyl (C=O) groups excluding carboxylic acids is 1. The third-order valence-electron chi connectivity index (χ3n) is 2.19. The van der Waals surface area contributed by atoms with Crippen molar-refractivity contribution in [2.24, 2.45) is 0 Å². The van der Waals surface area contributed by atoms with Crippen LogP contribution in [0.15, 0.2) is 42.6 Å². The fourth-order valence-electron chi connectivity index (χ4n) is 1.37. The number of nitrogens with zero attached hydrogens (tertiary/aromatic N) is 1. The third kappa shape index (κ3) is 3.84. The van der Waals surface area contributed by atoms with Gasteiger partial charge in [-0.1, -0.05) is 11.6 Å². The minimum absolute atomic E-state index is 0.130. The van der Waals surface area contributed by atoms with Crippen molar-refractivity contribution in [2.45, 2.75) is 0 Å². The molecular weight excluding hydrogens is 287 g/mol. The number of anilines is 1. The van der Waals surface area contributed by atoms with E-state index in [1.54, 1.807) is 42.6 Å². The molecule has 0 bridgehead atoms. The van der Waals surface area contributed by atoms with Gasteiger partial charge in [0, 0.05) is 11.2 Å². The molecule has 98 valence electrons. The van der Waals surface area contributed by atoms with E-state index in [9.17, 15) is 4.79 Å². The van der Waals surface area contributed by atoms with Gasteiger partial charge in [-0.2, -0.15) is 0 Å². The van der Waals surface area contributed by atoms with E-state index in [4.69, 9.17) is 27.9 Å². The summed E-state index contributed by atoms with van der Waals surface area (Å²) in [5.41, 5.74) is 0.461.